The van der Waals surface area contributed by atoms with E-state index in [1.807, 2.05) is 0 Å². The van der Waals surface area contributed by atoms with Gasteiger partial charge in [0.1, 0.15) is 5.69 Å². The van der Waals surface area contributed by atoms with Gasteiger partial charge in [0.15, 0.2) is 16.6 Å². The lowest BCUT2D eigenvalue weighted by atomic mass is 10.2. The van der Waals surface area contributed by atoms with Crippen LogP contribution in [-0.4, -0.2) is 50.2 Å². The lowest BCUT2D eigenvalue weighted by Gasteiger charge is -2.25. The average molecular weight is 395 g/mol. The summed E-state index contributed by atoms with van der Waals surface area (Å²) in [6.45, 7) is 3.03. The molecule has 0 atom stereocenters. The molecule has 0 saturated carbocycles. The molecule has 0 bridgehead atoms. The number of hydrogen-bond acceptors (Lipinski definition) is 8. The maximum Gasteiger partial charge on any atom is 0.290 e. The number of nitrogens with zero attached hydrogens (tertiary/aromatic N) is 3. The first kappa shape index (κ1) is 17.1. The minimum atomic E-state index is -0.371. The number of fused-ring (bicyclic) bond motifs is 1. The Kier molecular flexibility index (Phi) is 4.91. The van der Waals surface area contributed by atoms with Gasteiger partial charge in [0, 0.05) is 18.5 Å². The van der Waals surface area contributed by atoms with Gasteiger partial charge in [-0.15, -0.1) is 11.3 Å². The van der Waals surface area contributed by atoms with Crippen LogP contribution >= 0.6 is 22.9 Å². The molecule has 3 heterocycles. The Hall–Kier alpha value is -2.36. The number of hydrazone groups is 1. The largest absolute Gasteiger partial charge is 0.454 e. The molecule has 10 heteroatoms. The number of carbonyl (C=O) groups excluding carboxylic acids is 1. The van der Waals surface area contributed by atoms with Crippen LogP contribution in [0.25, 0.3) is 0 Å². The van der Waals surface area contributed by atoms with Crippen molar-refractivity contribution in [2.45, 2.75) is 0 Å². The van der Waals surface area contributed by atoms with Crippen LogP contribution in [0.3, 0.4) is 0 Å². The van der Waals surface area contributed by atoms with Crippen LogP contribution in [0.2, 0.25) is 5.02 Å². The Bertz CT molecular complexity index is 851. The van der Waals surface area contributed by atoms with Gasteiger partial charge in [0.05, 0.1) is 24.5 Å². The van der Waals surface area contributed by atoms with Crippen LogP contribution in [0.4, 0.5) is 5.13 Å². The molecule has 0 radical (unpaired) electrons. The summed E-state index contributed by atoms with van der Waals surface area (Å²) >= 11 is 7.54. The summed E-state index contributed by atoms with van der Waals surface area (Å²) in [7, 11) is 0. The highest BCUT2D eigenvalue weighted by molar-refractivity contribution is 7.13. The summed E-state index contributed by atoms with van der Waals surface area (Å²) in [5, 5.41) is 6.92. The Balaban J connectivity index is 1.39. The van der Waals surface area contributed by atoms with Crippen molar-refractivity contribution in [1.29, 1.82) is 0 Å². The Morgan fingerprint density at radius 2 is 2.19 bits per heavy atom. The first-order valence-electron chi connectivity index (χ1n) is 7.91. The number of hydrogen-bond donors (Lipinski definition) is 1. The molecular weight excluding hydrogens is 380 g/mol. The number of benzene rings is 1. The van der Waals surface area contributed by atoms with E-state index in [9.17, 15) is 4.79 Å². The third-order valence-corrected chi connectivity index (χ3v) is 5.02. The molecule has 1 amide bonds. The molecule has 2 aromatic rings. The van der Waals surface area contributed by atoms with Crippen molar-refractivity contribution in [2.24, 2.45) is 5.10 Å². The van der Waals surface area contributed by atoms with Gasteiger partial charge in [-0.1, -0.05) is 11.6 Å². The normalized spacial score (nSPS) is 16.3. The minimum Gasteiger partial charge on any atom is -0.454 e. The third kappa shape index (κ3) is 3.59. The number of anilines is 1. The second-order valence-electron chi connectivity index (χ2n) is 5.55. The lowest BCUT2D eigenvalue weighted by Crippen LogP contribution is -2.36. The summed E-state index contributed by atoms with van der Waals surface area (Å²) in [5.74, 6) is 0.703. The fourth-order valence-electron chi connectivity index (χ4n) is 2.55. The monoisotopic (exact) mass is 394 g/mol. The summed E-state index contributed by atoms with van der Waals surface area (Å²) in [6, 6.07) is 3.42. The van der Waals surface area contributed by atoms with Gasteiger partial charge in [0.25, 0.3) is 5.91 Å². The molecule has 2 aliphatic heterocycles. The summed E-state index contributed by atoms with van der Waals surface area (Å²) < 4.78 is 15.9. The smallest absolute Gasteiger partial charge is 0.290 e. The van der Waals surface area contributed by atoms with Gasteiger partial charge < -0.3 is 19.1 Å². The van der Waals surface area contributed by atoms with Crippen molar-refractivity contribution >= 4 is 40.2 Å². The molecule has 136 valence electrons. The lowest BCUT2D eigenvalue weighted by molar-refractivity contribution is 0.0951. The fourth-order valence-corrected chi connectivity index (χ4v) is 3.69. The van der Waals surface area contributed by atoms with Gasteiger partial charge in [-0.2, -0.15) is 5.10 Å². The van der Waals surface area contributed by atoms with Gasteiger partial charge in [-0.05, 0) is 17.7 Å². The molecule has 1 aromatic carbocycles. The van der Waals surface area contributed by atoms with Gasteiger partial charge in [-0.3, -0.25) is 4.79 Å². The maximum absolute atomic E-state index is 12.2. The van der Waals surface area contributed by atoms with Crippen LogP contribution in [0, 0.1) is 0 Å². The van der Waals surface area contributed by atoms with E-state index < -0.39 is 0 Å². The van der Waals surface area contributed by atoms with E-state index in [1.165, 1.54) is 17.6 Å². The molecule has 0 spiro atoms. The Morgan fingerprint density at radius 1 is 1.35 bits per heavy atom. The van der Waals surface area contributed by atoms with E-state index >= 15 is 0 Å². The molecule has 2 aliphatic rings. The maximum atomic E-state index is 12.2. The van der Waals surface area contributed by atoms with Gasteiger partial charge >= 0.3 is 0 Å². The number of amides is 1. The number of carbonyl (C=O) groups is 1. The number of rotatable bonds is 4. The molecule has 1 saturated heterocycles. The van der Waals surface area contributed by atoms with E-state index in [0.717, 1.165) is 18.2 Å². The van der Waals surface area contributed by atoms with Crippen molar-refractivity contribution < 1.29 is 19.0 Å². The molecule has 0 aliphatic carbocycles. The fraction of sp³-hybridized carbons (Fsp3) is 0.312. The topological polar surface area (TPSA) is 85.3 Å². The van der Waals surface area contributed by atoms with Crippen LogP contribution < -0.4 is 19.8 Å². The summed E-state index contributed by atoms with van der Waals surface area (Å²) in [6.07, 6.45) is 1.49. The second kappa shape index (κ2) is 7.48. The van der Waals surface area contributed by atoms with E-state index in [-0.39, 0.29) is 12.7 Å². The van der Waals surface area contributed by atoms with Crippen molar-refractivity contribution in [3.05, 3.63) is 33.8 Å². The number of nitrogens with one attached hydrogen (secondary N) is 1. The van der Waals surface area contributed by atoms with E-state index in [1.54, 1.807) is 17.5 Å². The first-order chi connectivity index (χ1) is 12.7. The predicted octanol–water partition coefficient (Wildman–Crippen LogP) is 2.13. The predicted molar refractivity (Wildman–Crippen MR) is 97.8 cm³/mol. The molecule has 1 fully saturated rings. The van der Waals surface area contributed by atoms with Crippen molar-refractivity contribution in [2.75, 3.05) is 38.0 Å². The summed E-state index contributed by atoms with van der Waals surface area (Å²) in [5.41, 5.74) is 3.48. The highest BCUT2D eigenvalue weighted by Gasteiger charge is 2.18. The number of thiazole rings is 1. The van der Waals surface area contributed by atoms with Crippen LogP contribution in [0.5, 0.6) is 11.5 Å². The van der Waals surface area contributed by atoms with Gasteiger partial charge in [-0.25, -0.2) is 10.4 Å². The molecule has 1 aromatic heterocycles. The third-order valence-electron chi connectivity index (χ3n) is 3.84. The average Bonchev–Trinajstić information content (AvgIpc) is 3.32. The molecule has 1 N–H and O–H groups in total. The van der Waals surface area contributed by atoms with Crippen molar-refractivity contribution in [1.82, 2.24) is 10.4 Å². The molecule has 8 nitrogen and oxygen atoms in total. The van der Waals surface area contributed by atoms with Crippen LogP contribution in [-0.2, 0) is 4.74 Å². The van der Waals surface area contributed by atoms with Crippen LogP contribution in [0.15, 0.2) is 22.6 Å². The Morgan fingerprint density at radius 3 is 3.04 bits per heavy atom. The van der Waals surface area contributed by atoms with Crippen LogP contribution in [0.1, 0.15) is 16.1 Å². The number of morpholine rings is 1. The molecule has 0 unspecified atom stereocenters. The quantitative estimate of drug-likeness (QED) is 0.631. The number of ether oxygens (including phenoxy) is 3. The summed E-state index contributed by atoms with van der Waals surface area (Å²) in [4.78, 5) is 18.7. The standard InChI is InChI=1S/C16H15ClN4O4S/c17-11-5-10(6-13-14(11)25-9-24-13)7-18-20-15(22)12-8-26-16(19-12)21-1-3-23-4-2-21/h5-8H,1-4,9H2,(H,20,22)/b18-7-. The van der Waals surface area contributed by atoms with E-state index in [0.29, 0.717) is 41.0 Å². The molecule has 26 heavy (non-hydrogen) atoms. The number of halogens is 1. The van der Waals surface area contributed by atoms with E-state index in [4.69, 9.17) is 25.8 Å². The Labute approximate surface area is 158 Å². The molecule has 4 rings (SSSR count). The van der Waals surface area contributed by atoms with Gasteiger partial charge in [0.2, 0.25) is 6.79 Å². The van der Waals surface area contributed by atoms with Crippen molar-refractivity contribution in [3.8, 4) is 11.5 Å². The molecular formula is C16H15ClN4O4S. The minimum absolute atomic E-state index is 0.141. The highest BCUT2D eigenvalue weighted by atomic mass is 35.5. The first-order valence-corrected chi connectivity index (χ1v) is 9.17. The second-order valence-corrected chi connectivity index (χ2v) is 6.79. The van der Waals surface area contributed by atoms with Crippen molar-refractivity contribution in [3.63, 3.8) is 0 Å². The van der Waals surface area contributed by atoms with E-state index in [2.05, 4.69) is 20.4 Å². The zero-order valence-corrected chi connectivity index (χ0v) is 15.2. The number of aromatic nitrogens is 1. The highest BCUT2D eigenvalue weighted by Crippen LogP contribution is 2.39. The zero-order valence-electron chi connectivity index (χ0n) is 13.6. The zero-order chi connectivity index (χ0) is 17.9. The SMILES string of the molecule is O=C(N/N=C\c1cc(Cl)c2c(c1)OCO2)c1csc(N2CCOCC2)n1.